The van der Waals surface area contributed by atoms with Gasteiger partial charge in [0.05, 0.1) is 6.21 Å². The first kappa shape index (κ1) is 23.4. The quantitative estimate of drug-likeness (QED) is 0.362. The van der Waals surface area contributed by atoms with Crippen LogP contribution >= 0.6 is 24.0 Å². The molecule has 2 aromatic carbocycles. The van der Waals surface area contributed by atoms with Crippen LogP contribution in [0.5, 0.6) is 0 Å². The molecule has 0 spiro atoms. The van der Waals surface area contributed by atoms with Crippen LogP contribution in [-0.2, 0) is 0 Å². The van der Waals surface area contributed by atoms with Crippen LogP contribution in [0.15, 0.2) is 53.6 Å². The number of aryl methyl sites for hydroxylation is 1. The lowest BCUT2D eigenvalue weighted by atomic mass is 10.2. The molecule has 158 valence electrons. The van der Waals surface area contributed by atoms with E-state index in [0.717, 1.165) is 29.9 Å². The first-order valence-electron chi connectivity index (χ1n) is 9.47. The average Bonchev–Trinajstić information content (AvgIpc) is 2.72. The second kappa shape index (κ2) is 11.3. The summed E-state index contributed by atoms with van der Waals surface area (Å²) in [7, 11) is 0. The SMILES string of the molecule is CCN(CC)c1nc(NN=Cc2ccccc2)nc(Nc2ccc(C)c(Cl)c2)n1.Cl. The predicted octanol–water partition coefficient (Wildman–Crippen LogP) is 5.29. The number of hydrazone groups is 1. The summed E-state index contributed by atoms with van der Waals surface area (Å²) in [6.07, 6.45) is 1.72. The Balaban J connectivity index is 0.00000320. The van der Waals surface area contributed by atoms with Gasteiger partial charge in [-0.05, 0) is 44.0 Å². The fraction of sp³-hybridized carbons (Fsp3) is 0.238. The largest absolute Gasteiger partial charge is 0.341 e. The third kappa shape index (κ3) is 6.30. The molecule has 1 heterocycles. The Morgan fingerprint density at radius 3 is 2.37 bits per heavy atom. The van der Waals surface area contributed by atoms with E-state index in [9.17, 15) is 0 Å². The molecule has 3 rings (SSSR count). The summed E-state index contributed by atoms with van der Waals surface area (Å²) in [5.41, 5.74) is 5.69. The van der Waals surface area contributed by atoms with Crippen LogP contribution < -0.4 is 15.6 Å². The topological polar surface area (TPSA) is 78.3 Å². The molecule has 7 nitrogen and oxygen atoms in total. The normalized spacial score (nSPS) is 10.5. The van der Waals surface area contributed by atoms with Crippen molar-refractivity contribution >= 4 is 53.8 Å². The van der Waals surface area contributed by atoms with Crippen molar-refractivity contribution in [2.75, 3.05) is 28.7 Å². The zero-order valence-electron chi connectivity index (χ0n) is 17.1. The second-order valence-corrected chi connectivity index (χ2v) is 6.73. The van der Waals surface area contributed by atoms with E-state index in [1.165, 1.54) is 0 Å². The molecule has 0 aliphatic carbocycles. The predicted molar refractivity (Wildman–Crippen MR) is 128 cm³/mol. The minimum absolute atomic E-state index is 0. The number of nitrogens with one attached hydrogen (secondary N) is 2. The summed E-state index contributed by atoms with van der Waals surface area (Å²) in [5, 5.41) is 8.12. The van der Waals surface area contributed by atoms with Crippen LogP contribution in [0.3, 0.4) is 0 Å². The van der Waals surface area contributed by atoms with Gasteiger partial charge in [0.25, 0.3) is 0 Å². The molecule has 2 N–H and O–H groups in total. The molecule has 0 fully saturated rings. The highest BCUT2D eigenvalue weighted by molar-refractivity contribution is 6.31. The van der Waals surface area contributed by atoms with Gasteiger partial charge in [-0.1, -0.05) is 48.0 Å². The first-order valence-corrected chi connectivity index (χ1v) is 9.85. The summed E-state index contributed by atoms with van der Waals surface area (Å²) in [5.74, 6) is 1.34. The third-order valence-corrected chi connectivity index (χ3v) is 4.68. The summed E-state index contributed by atoms with van der Waals surface area (Å²) >= 11 is 6.23. The Hall–Kier alpha value is -2.90. The van der Waals surface area contributed by atoms with Gasteiger partial charge in [0.15, 0.2) is 0 Å². The van der Waals surface area contributed by atoms with Gasteiger partial charge in [-0.3, -0.25) is 0 Å². The first-order chi connectivity index (χ1) is 14.1. The summed E-state index contributed by atoms with van der Waals surface area (Å²) in [4.78, 5) is 15.5. The fourth-order valence-electron chi connectivity index (χ4n) is 2.62. The minimum Gasteiger partial charge on any atom is -0.341 e. The third-order valence-electron chi connectivity index (χ3n) is 4.28. The van der Waals surface area contributed by atoms with Crippen LogP contribution in [-0.4, -0.2) is 34.3 Å². The van der Waals surface area contributed by atoms with Gasteiger partial charge in [0.1, 0.15) is 0 Å². The van der Waals surface area contributed by atoms with E-state index in [1.807, 2.05) is 60.4 Å². The Morgan fingerprint density at radius 2 is 1.70 bits per heavy atom. The van der Waals surface area contributed by atoms with Crippen molar-refractivity contribution in [3.8, 4) is 0 Å². The fourth-order valence-corrected chi connectivity index (χ4v) is 2.80. The zero-order chi connectivity index (χ0) is 20.6. The van der Waals surface area contributed by atoms with Gasteiger partial charge in [0, 0.05) is 23.8 Å². The Bertz CT molecular complexity index is 976. The van der Waals surface area contributed by atoms with E-state index in [-0.39, 0.29) is 12.4 Å². The molecular formula is C21H25Cl2N7. The molecule has 0 saturated heterocycles. The number of anilines is 4. The van der Waals surface area contributed by atoms with Gasteiger partial charge < -0.3 is 10.2 Å². The molecule has 9 heteroatoms. The Kier molecular flexibility index (Phi) is 8.83. The van der Waals surface area contributed by atoms with Gasteiger partial charge in [0.2, 0.25) is 17.8 Å². The maximum absolute atomic E-state index is 6.23. The lowest BCUT2D eigenvalue weighted by Gasteiger charge is -2.19. The van der Waals surface area contributed by atoms with E-state index in [1.54, 1.807) is 6.21 Å². The average molecular weight is 446 g/mol. The molecule has 0 radical (unpaired) electrons. The standard InChI is InChI=1S/C21H24ClN7.ClH/c1-4-29(5-2)21-26-19(24-17-12-11-15(3)18(22)13-17)25-20(27-21)28-23-14-16-9-7-6-8-10-16;/h6-14H,4-5H2,1-3H3,(H2,24,25,26,27,28);1H. The highest BCUT2D eigenvalue weighted by atomic mass is 35.5. The molecule has 0 atom stereocenters. The molecule has 0 amide bonds. The summed E-state index contributed by atoms with van der Waals surface area (Å²) in [6, 6.07) is 15.5. The number of aromatic nitrogens is 3. The number of nitrogens with zero attached hydrogens (tertiary/aromatic N) is 5. The van der Waals surface area contributed by atoms with Gasteiger partial charge >= 0.3 is 0 Å². The molecule has 3 aromatic rings. The van der Waals surface area contributed by atoms with E-state index < -0.39 is 0 Å². The van der Waals surface area contributed by atoms with E-state index >= 15 is 0 Å². The number of hydrogen-bond acceptors (Lipinski definition) is 7. The second-order valence-electron chi connectivity index (χ2n) is 6.32. The van der Waals surface area contributed by atoms with Crippen molar-refractivity contribution in [3.63, 3.8) is 0 Å². The Labute approximate surface area is 188 Å². The summed E-state index contributed by atoms with van der Waals surface area (Å²) < 4.78 is 0. The van der Waals surface area contributed by atoms with E-state index in [0.29, 0.717) is 22.9 Å². The lowest BCUT2D eigenvalue weighted by Crippen LogP contribution is -2.25. The molecule has 0 aliphatic rings. The molecule has 1 aromatic heterocycles. The lowest BCUT2D eigenvalue weighted by molar-refractivity contribution is 0.814. The molecule has 0 saturated carbocycles. The Morgan fingerprint density at radius 1 is 1.00 bits per heavy atom. The number of rotatable bonds is 8. The van der Waals surface area contributed by atoms with Crippen LogP contribution in [0.2, 0.25) is 5.02 Å². The monoisotopic (exact) mass is 445 g/mol. The molecule has 0 aliphatic heterocycles. The van der Waals surface area contributed by atoms with Crippen molar-refractivity contribution in [3.05, 3.63) is 64.7 Å². The number of halogens is 2. The van der Waals surface area contributed by atoms with Crippen molar-refractivity contribution in [2.45, 2.75) is 20.8 Å². The highest BCUT2D eigenvalue weighted by Gasteiger charge is 2.11. The zero-order valence-corrected chi connectivity index (χ0v) is 18.7. The van der Waals surface area contributed by atoms with Gasteiger partial charge in [-0.2, -0.15) is 20.1 Å². The number of hydrogen-bond donors (Lipinski definition) is 2. The van der Waals surface area contributed by atoms with Crippen molar-refractivity contribution in [1.82, 2.24) is 15.0 Å². The van der Waals surface area contributed by atoms with Crippen molar-refractivity contribution in [1.29, 1.82) is 0 Å². The van der Waals surface area contributed by atoms with Crippen molar-refractivity contribution < 1.29 is 0 Å². The minimum atomic E-state index is 0. The summed E-state index contributed by atoms with van der Waals surface area (Å²) in [6.45, 7) is 7.63. The van der Waals surface area contributed by atoms with E-state index in [2.05, 4.69) is 44.6 Å². The smallest absolute Gasteiger partial charge is 0.250 e. The molecule has 0 bridgehead atoms. The maximum Gasteiger partial charge on any atom is 0.250 e. The van der Waals surface area contributed by atoms with Crippen LogP contribution in [0.25, 0.3) is 0 Å². The molecule has 0 unspecified atom stereocenters. The van der Waals surface area contributed by atoms with E-state index in [4.69, 9.17) is 11.6 Å². The van der Waals surface area contributed by atoms with Crippen LogP contribution in [0.1, 0.15) is 25.0 Å². The van der Waals surface area contributed by atoms with Crippen molar-refractivity contribution in [2.24, 2.45) is 5.10 Å². The van der Waals surface area contributed by atoms with Gasteiger partial charge in [-0.25, -0.2) is 5.43 Å². The number of benzene rings is 2. The van der Waals surface area contributed by atoms with Crippen LogP contribution in [0, 0.1) is 6.92 Å². The molecule has 30 heavy (non-hydrogen) atoms. The highest BCUT2D eigenvalue weighted by Crippen LogP contribution is 2.23. The van der Waals surface area contributed by atoms with Crippen LogP contribution in [0.4, 0.5) is 23.5 Å². The molecular weight excluding hydrogens is 421 g/mol. The maximum atomic E-state index is 6.23. The van der Waals surface area contributed by atoms with Gasteiger partial charge in [-0.15, -0.1) is 12.4 Å².